The van der Waals surface area contributed by atoms with E-state index in [-0.39, 0.29) is 23.9 Å². The largest absolute Gasteiger partial charge is 0.494 e. The standard InChI is InChI=1S/C30H31N5O4/c1-33-14-16-35(17-15-33)19-26(36)34(2)23-11-9-22(10-12-23)31-28(20-6-4-3-5-7-20)27-24-13-8-21(30(38)39)18-25(24)32-29(27)37/h3-13,18,32,37H,14-17,19H2,1-2H3,(H,38,39)/i1+1D3. The van der Waals surface area contributed by atoms with Gasteiger partial charge < -0.3 is 25.0 Å². The number of carboxylic acid groups (broad SMARTS) is 1. The van der Waals surface area contributed by atoms with Crippen molar-refractivity contribution >= 4 is 39.9 Å². The van der Waals surface area contributed by atoms with Gasteiger partial charge in [-0.2, -0.15) is 0 Å². The fourth-order valence-corrected chi connectivity index (χ4v) is 4.64. The fourth-order valence-electron chi connectivity index (χ4n) is 4.64. The van der Waals surface area contributed by atoms with Gasteiger partial charge >= 0.3 is 5.97 Å². The van der Waals surface area contributed by atoms with E-state index in [0.717, 1.165) is 5.56 Å². The molecule has 1 aliphatic heterocycles. The molecule has 0 saturated carbocycles. The van der Waals surface area contributed by atoms with E-state index in [0.29, 0.717) is 59.7 Å². The van der Waals surface area contributed by atoms with Crippen molar-refractivity contribution in [3.05, 3.63) is 89.5 Å². The van der Waals surface area contributed by atoms with Gasteiger partial charge in [-0.05, 0) is 43.4 Å². The number of rotatable bonds is 7. The van der Waals surface area contributed by atoms with E-state index in [1.54, 1.807) is 42.3 Å². The quantitative estimate of drug-likeness (QED) is 0.247. The molecule has 3 aromatic carbocycles. The Morgan fingerprint density at radius 1 is 1.00 bits per heavy atom. The first-order valence-electron chi connectivity index (χ1n) is 14.1. The zero-order valence-electron chi connectivity index (χ0n) is 24.5. The van der Waals surface area contributed by atoms with Gasteiger partial charge in [0.1, 0.15) is 0 Å². The number of hydrogen-bond donors (Lipinski definition) is 3. The van der Waals surface area contributed by atoms with Crippen molar-refractivity contribution in [1.29, 1.82) is 0 Å². The first kappa shape index (κ1) is 22.5. The van der Waals surface area contributed by atoms with Gasteiger partial charge in [-0.25, -0.2) is 9.79 Å². The highest BCUT2D eigenvalue weighted by Gasteiger charge is 2.21. The molecule has 1 aromatic heterocycles. The van der Waals surface area contributed by atoms with E-state index in [1.807, 2.05) is 35.2 Å². The SMILES string of the molecule is [2H][13C]([2H])([2H])N1CCN(CC(=O)N(C)c2ccc(N=C(c3ccccc3)c3c(O)[nH]c4cc(C(=O)O)ccc34)cc2)CC1. The molecular weight excluding hydrogens is 495 g/mol. The van der Waals surface area contributed by atoms with Crippen LogP contribution >= 0.6 is 0 Å². The van der Waals surface area contributed by atoms with Gasteiger partial charge in [-0.3, -0.25) is 9.69 Å². The summed E-state index contributed by atoms with van der Waals surface area (Å²) in [6, 6.07) is 21.1. The predicted molar refractivity (Wildman–Crippen MR) is 152 cm³/mol. The molecule has 1 aliphatic rings. The average Bonchev–Trinajstić information content (AvgIpc) is 3.30. The molecule has 2 heterocycles. The normalized spacial score (nSPS) is 16.4. The lowest BCUT2D eigenvalue weighted by atomic mass is 10.00. The summed E-state index contributed by atoms with van der Waals surface area (Å²) < 4.78 is 22.7. The Morgan fingerprint density at radius 3 is 2.38 bits per heavy atom. The van der Waals surface area contributed by atoms with Crippen molar-refractivity contribution in [3.63, 3.8) is 0 Å². The third-order valence-corrected chi connectivity index (χ3v) is 6.89. The number of amides is 1. The Balaban J connectivity index is 1.38. The number of H-pyrrole nitrogens is 1. The molecule has 1 saturated heterocycles. The van der Waals surface area contributed by atoms with Crippen LogP contribution in [0.1, 0.15) is 25.6 Å². The lowest BCUT2D eigenvalue weighted by Crippen LogP contribution is -2.48. The summed E-state index contributed by atoms with van der Waals surface area (Å²) in [4.78, 5) is 37.1. The van der Waals surface area contributed by atoms with Crippen LogP contribution in [-0.2, 0) is 4.79 Å². The van der Waals surface area contributed by atoms with E-state index in [2.05, 4.69) is 4.98 Å². The Labute approximate surface area is 230 Å². The molecule has 0 radical (unpaired) electrons. The van der Waals surface area contributed by atoms with E-state index in [4.69, 9.17) is 9.10 Å². The van der Waals surface area contributed by atoms with E-state index in [1.165, 1.54) is 17.0 Å². The average molecular weight is 530 g/mol. The van der Waals surface area contributed by atoms with Crippen LogP contribution in [0.5, 0.6) is 5.88 Å². The molecule has 39 heavy (non-hydrogen) atoms. The summed E-state index contributed by atoms with van der Waals surface area (Å²) >= 11 is 0. The summed E-state index contributed by atoms with van der Waals surface area (Å²) in [5, 5.41) is 20.9. The van der Waals surface area contributed by atoms with Gasteiger partial charge in [0.25, 0.3) is 0 Å². The number of aliphatic imine (C=N–C) groups is 1. The van der Waals surface area contributed by atoms with Gasteiger partial charge in [0, 0.05) is 59.5 Å². The van der Waals surface area contributed by atoms with E-state index >= 15 is 0 Å². The molecular formula is C30H31N5O4. The maximum absolute atomic E-state index is 13.0. The number of nitrogens with zero attached hydrogens (tertiary/aromatic N) is 4. The highest BCUT2D eigenvalue weighted by atomic mass is 16.4. The molecule has 0 aliphatic carbocycles. The maximum atomic E-state index is 13.0. The molecule has 9 nitrogen and oxygen atoms in total. The van der Waals surface area contributed by atoms with Crippen molar-refractivity contribution in [1.82, 2.24) is 14.8 Å². The molecule has 0 bridgehead atoms. The summed E-state index contributed by atoms with van der Waals surface area (Å²) in [6.45, 7) is -0.146. The molecule has 5 rings (SSSR count). The van der Waals surface area contributed by atoms with Crippen LogP contribution in [0.2, 0.25) is 0 Å². The number of carboxylic acids is 1. The van der Waals surface area contributed by atoms with Gasteiger partial charge in [-0.1, -0.05) is 36.4 Å². The van der Waals surface area contributed by atoms with Crippen molar-refractivity contribution in [3.8, 4) is 5.88 Å². The molecule has 4 aromatic rings. The first-order valence-corrected chi connectivity index (χ1v) is 12.6. The Hall–Kier alpha value is -4.47. The van der Waals surface area contributed by atoms with Crippen LogP contribution in [0.4, 0.5) is 11.4 Å². The zero-order valence-corrected chi connectivity index (χ0v) is 21.5. The molecule has 0 spiro atoms. The van der Waals surface area contributed by atoms with Gasteiger partial charge in [-0.15, -0.1) is 0 Å². The minimum absolute atomic E-state index is 0.0978. The second-order valence-electron chi connectivity index (χ2n) is 9.47. The summed E-state index contributed by atoms with van der Waals surface area (Å²) in [6.07, 6.45) is 0. The minimum Gasteiger partial charge on any atom is -0.494 e. The Kier molecular flexibility index (Phi) is 6.41. The van der Waals surface area contributed by atoms with Crippen molar-refractivity contribution in [2.75, 3.05) is 51.6 Å². The summed E-state index contributed by atoms with van der Waals surface area (Å²) in [5.74, 6) is -1.30. The molecule has 0 atom stereocenters. The van der Waals surface area contributed by atoms with Crippen molar-refractivity contribution < 1.29 is 23.9 Å². The molecule has 3 N–H and O–H groups in total. The minimum atomic E-state index is -2.12. The van der Waals surface area contributed by atoms with Crippen LogP contribution in [0, 0.1) is 0 Å². The first-order chi connectivity index (χ1) is 20.0. The molecule has 1 amide bonds. The number of likely N-dealkylation sites (N-methyl/N-ethyl adjacent to an activating group) is 2. The van der Waals surface area contributed by atoms with Gasteiger partial charge in [0.05, 0.1) is 29.1 Å². The highest BCUT2D eigenvalue weighted by molar-refractivity contribution is 6.22. The number of hydrogen-bond acceptors (Lipinski definition) is 6. The summed E-state index contributed by atoms with van der Waals surface area (Å²) in [7, 11) is 1.70. The lowest BCUT2D eigenvalue weighted by molar-refractivity contribution is -0.119. The number of aromatic nitrogens is 1. The van der Waals surface area contributed by atoms with Gasteiger partial charge in [0.2, 0.25) is 5.91 Å². The topological polar surface area (TPSA) is 112 Å². The zero-order chi connectivity index (χ0) is 30.0. The number of aromatic amines is 1. The number of aromatic hydroxyl groups is 1. The molecule has 1 fully saturated rings. The predicted octanol–water partition coefficient (Wildman–Crippen LogP) is 3.95. The molecule has 200 valence electrons. The Morgan fingerprint density at radius 2 is 1.72 bits per heavy atom. The molecule has 0 unspecified atom stereocenters. The lowest BCUT2D eigenvalue weighted by Gasteiger charge is -2.32. The number of carbonyl (C=O) groups is 2. The smallest absolute Gasteiger partial charge is 0.335 e. The maximum Gasteiger partial charge on any atom is 0.335 e. The fraction of sp³-hybridized carbons (Fsp3) is 0.233. The number of benzene rings is 3. The van der Waals surface area contributed by atoms with Crippen LogP contribution in [-0.4, -0.2) is 89.3 Å². The molecule has 9 heteroatoms. The number of aromatic carboxylic acids is 1. The second-order valence-corrected chi connectivity index (χ2v) is 9.47. The van der Waals surface area contributed by atoms with Crippen molar-refractivity contribution in [2.45, 2.75) is 0 Å². The van der Waals surface area contributed by atoms with Crippen LogP contribution < -0.4 is 4.90 Å². The summed E-state index contributed by atoms with van der Waals surface area (Å²) in [5.41, 5.74) is 3.54. The third kappa shape index (κ3) is 5.69. The van der Waals surface area contributed by atoms with Crippen molar-refractivity contribution in [2.24, 2.45) is 4.99 Å². The van der Waals surface area contributed by atoms with Crippen LogP contribution in [0.3, 0.4) is 0 Å². The van der Waals surface area contributed by atoms with Crippen LogP contribution in [0.15, 0.2) is 77.8 Å². The van der Waals surface area contributed by atoms with Gasteiger partial charge in [0.15, 0.2) is 5.88 Å². The Bertz CT molecular complexity index is 1630. The van der Waals surface area contributed by atoms with Crippen LogP contribution in [0.25, 0.3) is 10.9 Å². The number of nitrogens with one attached hydrogen (secondary N) is 1. The third-order valence-electron chi connectivity index (χ3n) is 6.89. The number of anilines is 1. The number of carbonyl (C=O) groups excluding carboxylic acids is 1. The number of piperazine rings is 1. The van der Waals surface area contributed by atoms with E-state index in [9.17, 15) is 19.8 Å². The second kappa shape index (κ2) is 11.1. The highest BCUT2D eigenvalue weighted by Crippen LogP contribution is 2.32. The number of fused-ring (bicyclic) bond motifs is 1. The monoisotopic (exact) mass is 529 g/mol. The van der Waals surface area contributed by atoms with E-state index < -0.39 is 12.9 Å².